The van der Waals surface area contributed by atoms with Crippen molar-refractivity contribution in [1.29, 1.82) is 5.41 Å². The quantitative estimate of drug-likeness (QED) is 0.143. The fraction of sp³-hybridized carbons (Fsp3) is 0.300. The highest BCUT2D eigenvalue weighted by Gasteiger charge is 2.29. The number of nitrogens with one attached hydrogen (secondary N) is 4. The molecule has 222 valence electrons. The average molecular weight is 663 g/mol. The number of halogens is 1. The molecule has 0 unspecified atom stereocenters. The van der Waals surface area contributed by atoms with Gasteiger partial charge in [0.25, 0.3) is 0 Å². The van der Waals surface area contributed by atoms with E-state index >= 15 is 0 Å². The van der Waals surface area contributed by atoms with Crippen molar-refractivity contribution in [1.82, 2.24) is 25.3 Å². The zero-order chi connectivity index (χ0) is 29.9. The molecule has 1 saturated heterocycles. The molecule has 0 atom stereocenters. The number of hydrogen-bond acceptors (Lipinski definition) is 11. The third-order valence-corrected chi connectivity index (χ3v) is 9.27. The molecule has 0 radical (unpaired) electrons. The summed E-state index contributed by atoms with van der Waals surface area (Å²) < 4.78 is 12.6. The van der Waals surface area contributed by atoms with E-state index < -0.39 is 7.92 Å². The van der Waals surface area contributed by atoms with Gasteiger partial charge in [-0.25, -0.2) is 4.98 Å². The molecule has 6 rings (SSSR count). The molecule has 0 aliphatic carbocycles. The lowest BCUT2D eigenvalue weighted by Gasteiger charge is -2.33. The van der Waals surface area contributed by atoms with E-state index in [4.69, 9.17) is 19.9 Å². The molecule has 0 amide bonds. The van der Waals surface area contributed by atoms with Gasteiger partial charge < -0.3 is 35.7 Å². The summed E-state index contributed by atoms with van der Waals surface area (Å²) in [6.07, 6.45) is 9.16. The lowest BCUT2D eigenvalue weighted by molar-refractivity contribution is 0.122. The van der Waals surface area contributed by atoms with Gasteiger partial charge in [-0.1, -0.05) is 7.92 Å². The van der Waals surface area contributed by atoms with Crippen LogP contribution in [0.2, 0.25) is 0 Å². The van der Waals surface area contributed by atoms with Crippen molar-refractivity contribution in [2.24, 2.45) is 0 Å². The standard InChI is InChI=1S/C30H33BrN9O2P/c1-33-16-18(15-32)20-14-24(27-19(6-11-42-27)26(20)40-9-12-41-13-10-40)38-30-36-17-21(31)29(39-30)37-23-5-4-22-25(28(23)43(2)3)35-8-7-34-22/h4-5,7-8,14-17,32-33H,6,9-13H2,1-3H3,(H2,36,37,38,39)/b18-16+,32-15?. The number of nitrogens with zero attached hydrogens (tertiary/aromatic N) is 5. The molecule has 13 heteroatoms. The zero-order valence-electron chi connectivity index (χ0n) is 24.2. The van der Waals surface area contributed by atoms with Crippen molar-refractivity contribution in [2.45, 2.75) is 6.42 Å². The first kappa shape index (κ1) is 29.2. The van der Waals surface area contributed by atoms with Crippen molar-refractivity contribution >= 4 is 80.8 Å². The van der Waals surface area contributed by atoms with E-state index in [-0.39, 0.29) is 0 Å². The molecule has 4 heterocycles. The van der Waals surface area contributed by atoms with Crippen molar-refractivity contribution in [2.75, 3.05) is 68.8 Å². The summed E-state index contributed by atoms with van der Waals surface area (Å²) in [6.45, 7) is 7.88. The van der Waals surface area contributed by atoms with Gasteiger partial charge in [-0.2, -0.15) is 4.98 Å². The Balaban J connectivity index is 1.39. The molecule has 2 aliphatic rings. The summed E-state index contributed by atoms with van der Waals surface area (Å²) in [5.41, 5.74) is 7.36. The molecule has 2 aromatic carbocycles. The number of allylic oxidation sites excluding steroid dienone is 1. The van der Waals surface area contributed by atoms with E-state index in [9.17, 15) is 0 Å². The van der Waals surface area contributed by atoms with Crippen LogP contribution in [-0.4, -0.2) is 79.4 Å². The second-order valence-electron chi connectivity index (χ2n) is 10.3. The number of hydrogen-bond donors (Lipinski definition) is 4. The second kappa shape index (κ2) is 12.8. The van der Waals surface area contributed by atoms with Gasteiger partial charge in [0, 0.05) is 85.3 Å². The van der Waals surface area contributed by atoms with Crippen LogP contribution in [0, 0.1) is 5.41 Å². The minimum absolute atomic E-state index is 0.417. The Morgan fingerprint density at radius 1 is 1.07 bits per heavy atom. The topological polar surface area (TPSA) is 133 Å². The van der Waals surface area contributed by atoms with Crippen LogP contribution in [0.5, 0.6) is 5.75 Å². The third kappa shape index (κ3) is 5.87. The summed E-state index contributed by atoms with van der Waals surface area (Å²) in [6, 6.07) is 6.03. The first-order valence-corrected chi connectivity index (χ1v) is 17.0. The Morgan fingerprint density at radius 3 is 2.65 bits per heavy atom. The molecule has 0 spiro atoms. The molecule has 2 aliphatic heterocycles. The Labute approximate surface area is 259 Å². The number of morpholine rings is 1. The monoisotopic (exact) mass is 661 g/mol. The zero-order valence-corrected chi connectivity index (χ0v) is 26.7. The molecule has 4 N–H and O–H groups in total. The highest BCUT2D eigenvalue weighted by atomic mass is 79.9. The molecule has 0 saturated carbocycles. The van der Waals surface area contributed by atoms with Gasteiger partial charge in [-0.15, -0.1) is 0 Å². The van der Waals surface area contributed by atoms with Gasteiger partial charge >= 0.3 is 0 Å². The molecular weight excluding hydrogens is 629 g/mol. The van der Waals surface area contributed by atoms with Crippen molar-refractivity contribution in [3.8, 4) is 5.75 Å². The number of benzene rings is 2. The third-order valence-electron chi connectivity index (χ3n) is 7.35. The number of rotatable bonds is 9. The fourth-order valence-corrected chi connectivity index (χ4v) is 7.01. The Kier molecular flexibility index (Phi) is 8.69. The molecule has 0 bridgehead atoms. The maximum absolute atomic E-state index is 8.18. The van der Waals surface area contributed by atoms with Crippen molar-refractivity contribution in [3.63, 3.8) is 0 Å². The molecule has 43 heavy (non-hydrogen) atoms. The first-order valence-electron chi connectivity index (χ1n) is 14.0. The Hall–Kier alpha value is -3.86. The van der Waals surface area contributed by atoms with Crippen LogP contribution < -0.4 is 30.9 Å². The Morgan fingerprint density at radius 2 is 1.88 bits per heavy atom. The van der Waals surface area contributed by atoms with Gasteiger partial charge in [-0.3, -0.25) is 9.97 Å². The van der Waals surface area contributed by atoms with Gasteiger partial charge in [-0.05, 0) is 47.5 Å². The molecular formula is C30H33BrN9O2P. The van der Waals surface area contributed by atoms with E-state index in [2.05, 4.69) is 65.1 Å². The SMILES string of the molecule is CN/C=C(\C=N)c1cc(Nc2ncc(Br)c(Nc3ccc4nccnc4c3P(C)C)n2)c2c(c1N1CCOCC1)CCO2. The van der Waals surface area contributed by atoms with Crippen LogP contribution in [0.15, 0.2) is 47.5 Å². The van der Waals surface area contributed by atoms with Crippen molar-refractivity contribution < 1.29 is 9.47 Å². The van der Waals surface area contributed by atoms with E-state index in [0.717, 1.165) is 79.8 Å². The normalized spacial score (nSPS) is 14.9. The molecule has 4 aromatic rings. The van der Waals surface area contributed by atoms with Crippen LogP contribution in [0.1, 0.15) is 11.1 Å². The van der Waals surface area contributed by atoms with E-state index in [1.165, 1.54) is 6.21 Å². The number of fused-ring (bicyclic) bond motifs is 2. The van der Waals surface area contributed by atoms with Crippen LogP contribution >= 0.6 is 23.9 Å². The first-order chi connectivity index (χ1) is 21.0. The second-order valence-corrected chi connectivity index (χ2v) is 13.4. The molecule has 1 fully saturated rings. The van der Waals surface area contributed by atoms with Crippen molar-refractivity contribution in [3.05, 3.63) is 58.6 Å². The van der Waals surface area contributed by atoms with E-state index in [1.807, 2.05) is 31.4 Å². The van der Waals surface area contributed by atoms with Crippen LogP contribution in [0.25, 0.3) is 16.6 Å². The smallest absolute Gasteiger partial charge is 0.229 e. The fourth-order valence-electron chi connectivity index (χ4n) is 5.52. The highest BCUT2D eigenvalue weighted by molar-refractivity contribution is 9.10. The molecule has 2 aromatic heterocycles. The van der Waals surface area contributed by atoms with Crippen LogP contribution in [-0.2, 0) is 11.2 Å². The van der Waals surface area contributed by atoms with Crippen LogP contribution in [0.4, 0.5) is 28.8 Å². The number of aromatic nitrogens is 4. The highest BCUT2D eigenvalue weighted by Crippen LogP contribution is 2.46. The summed E-state index contributed by atoms with van der Waals surface area (Å²) >= 11 is 3.63. The van der Waals surface area contributed by atoms with Gasteiger partial charge in [0.2, 0.25) is 5.95 Å². The summed E-state index contributed by atoms with van der Waals surface area (Å²) in [5.74, 6) is 1.83. The largest absolute Gasteiger partial charge is 0.491 e. The van der Waals surface area contributed by atoms with E-state index in [0.29, 0.717) is 31.6 Å². The maximum atomic E-state index is 8.18. The Bertz CT molecular complexity index is 1710. The lowest BCUT2D eigenvalue weighted by atomic mass is 9.96. The van der Waals surface area contributed by atoms with Gasteiger partial charge in [0.1, 0.15) is 11.6 Å². The maximum Gasteiger partial charge on any atom is 0.229 e. The average Bonchev–Trinajstić information content (AvgIpc) is 3.52. The minimum Gasteiger partial charge on any atom is -0.491 e. The predicted octanol–water partition coefficient (Wildman–Crippen LogP) is 5.02. The minimum atomic E-state index is -0.493. The number of ether oxygens (including phenoxy) is 2. The number of anilines is 5. The summed E-state index contributed by atoms with van der Waals surface area (Å²) in [7, 11) is 1.35. The predicted molar refractivity (Wildman–Crippen MR) is 179 cm³/mol. The molecule has 11 nitrogen and oxygen atoms in total. The van der Waals surface area contributed by atoms with E-state index in [1.54, 1.807) is 18.6 Å². The van der Waals surface area contributed by atoms with Crippen LogP contribution in [0.3, 0.4) is 0 Å². The summed E-state index contributed by atoms with van der Waals surface area (Å²) in [5, 5.41) is 19.3. The summed E-state index contributed by atoms with van der Waals surface area (Å²) in [4.78, 5) is 20.9. The van der Waals surface area contributed by atoms with Gasteiger partial charge in [0.05, 0.1) is 46.7 Å². The lowest BCUT2D eigenvalue weighted by Crippen LogP contribution is -2.37. The van der Waals surface area contributed by atoms with Gasteiger partial charge in [0.15, 0.2) is 0 Å².